The number of amides is 2. The van der Waals surface area contributed by atoms with Gasteiger partial charge in [0.15, 0.2) is 0 Å². The van der Waals surface area contributed by atoms with Crippen molar-refractivity contribution in [2.45, 2.75) is 45.2 Å². The van der Waals surface area contributed by atoms with Crippen LogP contribution in [0.1, 0.15) is 43.5 Å². The van der Waals surface area contributed by atoms with Gasteiger partial charge in [-0.25, -0.2) is 9.59 Å². The molecule has 1 aromatic carbocycles. The molecule has 1 aliphatic rings. The molecule has 21 heavy (non-hydrogen) atoms. The zero-order valence-corrected chi connectivity index (χ0v) is 12.2. The first kappa shape index (κ1) is 15.2. The summed E-state index contributed by atoms with van der Waals surface area (Å²) < 4.78 is 0. The Bertz CT molecular complexity index is 549. The molecular weight excluding hydrogens is 272 g/mol. The van der Waals surface area contributed by atoms with Crippen LogP contribution in [0.5, 0.6) is 5.75 Å². The fraction of sp³-hybridized carbons (Fsp3) is 0.467. The molecule has 1 heterocycles. The molecule has 0 radical (unpaired) electrons. The van der Waals surface area contributed by atoms with E-state index >= 15 is 0 Å². The van der Waals surface area contributed by atoms with Crippen LogP contribution in [-0.2, 0) is 0 Å². The molecule has 6 nitrogen and oxygen atoms in total. The van der Waals surface area contributed by atoms with E-state index in [0.29, 0.717) is 5.69 Å². The van der Waals surface area contributed by atoms with E-state index in [1.807, 2.05) is 13.8 Å². The van der Waals surface area contributed by atoms with Crippen molar-refractivity contribution in [3.63, 3.8) is 0 Å². The SMILES string of the molecule is CC1CCCC(C)N1C(=O)Nc1ccc(C(=O)O)c(O)c1. The number of likely N-dealkylation sites (tertiary alicyclic amines) is 1. The van der Waals surface area contributed by atoms with Crippen molar-refractivity contribution in [3.8, 4) is 5.75 Å². The van der Waals surface area contributed by atoms with E-state index in [-0.39, 0.29) is 29.4 Å². The van der Waals surface area contributed by atoms with Crippen LogP contribution in [-0.4, -0.2) is 39.2 Å². The highest BCUT2D eigenvalue weighted by Gasteiger charge is 2.29. The van der Waals surface area contributed by atoms with Gasteiger partial charge >= 0.3 is 12.0 Å². The average molecular weight is 292 g/mol. The summed E-state index contributed by atoms with van der Waals surface area (Å²) in [6.45, 7) is 4.03. The van der Waals surface area contributed by atoms with Crippen LogP contribution >= 0.6 is 0 Å². The van der Waals surface area contributed by atoms with Gasteiger partial charge in [-0.3, -0.25) is 0 Å². The van der Waals surface area contributed by atoms with Gasteiger partial charge < -0.3 is 20.4 Å². The number of hydrogen-bond donors (Lipinski definition) is 3. The highest BCUT2D eigenvalue weighted by molar-refractivity contribution is 5.94. The summed E-state index contributed by atoms with van der Waals surface area (Å²) in [6.07, 6.45) is 3.06. The van der Waals surface area contributed by atoms with Crippen molar-refractivity contribution < 1.29 is 19.8 Å². The summed E-state index contributed by atoms with van der Waals surface area (Å²) in [7, 11) is 0. The lowest BCUT2D eigenvalue weighted by atomic mass is 9.98. The number of carbonyl (C=O) groups excluding carboxylic acids is 1. The molecular formula is C15H20N2O4. The smallest absolute Gasteiger partial charge is 0.339 e. The molecule has 0 spiro atoms. The molecule has 2 atom stereocenters. The van der Waals surface area contributed by atoms with E-state index < -0.39 is 5.97 Å². The summed E-state index contributed by atoms with van der Waals surface area (Å²) in [5.41, 5.74) is 0.195. The van der Waals surface area contributed by atoms with Crippen LogP contribution in [0.25, 0.3) is 0 Å². The summed E-state index contributed by atoms with van der Waals surface area (Å²) >= 11 is 0. The van der Waals surface area contributed by atoms with Gasteiger partial charge in [0.2, 0.25) is 0 Å². The third-order valence-electron chi connectivity index (χ3n) is 3.91. The average Bonchev–Trinajstić information content (AvgIpc) is 2.37. The Labute approximate surface area is 123 Å². The maximum Gasteiger partial charge on any atom is 0.339 e. The number of carboxylic acids is 1. The number of nitrogens with zero attached hydrogens (tertiary/aromatic N) is 1. The Balaban J connectivity index is 2.12. The molecule has 2 amide bonds. The molecule has 0 saturated carbocycles. The van der Waals surface area contributed by atoms with Crippen molar-refractivity contribution in [1.29, 1.82) is 0 Å². The maximum atomic E-state index is 12.3. The third kappa shape index (κ3) is 3.26. The number of piperidine rings is 1. The Morgan fingerprint density at radius 3 is 2.38 bits per heavy atom. The van der Waals surface area contributed by atoms with Gasteiger partial charge in [0, 0.05) is 23.8 Å². The highest BCUT2D eigenvalue weighted by atomic mass is 16.4. The lowest BCUT2D eigenvalue weighted by molar-refractivity contribution is 0.0693. The van der Waals surface area contributed by atoms with E-state index in [9.17, 15) is 14.7 Å². The number of aromatic carboxylic acids is 1. The van der Waals surface area contributed by atoms with Crippen molar-refractivity contribution in [2.24, 2.45) is 0 Å². The third-order valence-corrected chi connectivity index (χ3v) is 3.91. The molecule has 1 aromatic rings. The van der Waals surface area contributed by atoms with E-state index in [1.54, 1.807) is 4.90 Å². The lowest BCUT2D eigenvalue weighted by Gasteiger charge is -2.38. The first-order chi connectivity index (χ1) is 9.90. The minimum absolute atomic E-state index is 0.167. The standard InChI is InChI=1S/C15H20N2O4/c1-9-4-3-5-10(2)17(9)15(21)16-11-6-7-12(14(19)20)13(18)8-11/h6-10,18H,3-5H2,1-2H3,(H,16,21)(H,19,20). The molecule has 2 rings (SSSR count). The van der Waals surface area contributed by atoms with Crippen LogP contribution < -0.4 is 5.32 Å². The number of anilines is 1. The first-order valence-electron chi connectivity index (χ1n) is 7.05. The molecule has 6 heteroatoms. The van der Waals surface area contributed by atoms with Crippen LogP contribution in [0.2, 0.25) is 0 Å². The Morgan fingerprint density at radius 1 is 1.24 bits per heavy atom. The maximum absolute atomic E-state index is 12.3. The lowest BCUT2D eigenvalue weighted by Crippen LogP contribution is -2.49. The van der Waals surface area contributed by atoms with Crippen molar-refractivity contribution >= 4 is 17.7 Å². The molecule has 0 aromatic heterocycles. The summed E-state index contributed by atoms with van der Waals surface area (Å²) in [5, 5.41) is 21.2. The van der Waals surface area contributed by atoms with E-state index in [4.69, 9.17) is 5.11 Å². The number of urea groups is 1. The molecule has 1 fully saturated rings. The van der Waals surface area contributed by atoms with E-state index in [0.717, 1.165) is 19.3 Å². The van der Waals surface area contributed by atoms with Gasteiger partial charge in [0.25, 0.3) is 0 Å². The molecule has 114 valence electrons. The minimum atomic E-state index is -1.20. The Morgan fingerprint density at radius 2 is 1.86 bits per heavy atom. The second-order valence-corrected chi connectivity index (χ2v) is 5.50. The Hall–Kier alpha value is -2.24. The predicted octanol–water partition coefficient (Wildman–Crippen LogP) is 2.89. The van der Waals surface area contributed by atoms with Crippen LogP contribution in [0, 0.1) is 0 Å². The molecule has 1 saturated heterocycles. The number of rotatable bonds is 2. The summed E-state index contributed by atoms with van der Waals surface area (Å²) in [4.78, 5) is 25.0. The first-order valence-corrected chi connectivity index (χ1v) is 7.05. The number of carbonyl (C=O) groups is 2. The minimum Gasteiger partial charge on any atom is -0.507 e. The summed E-state index contributed by atoms with van der Waals surface area (Å²) in [5.74, 6) is -1.57. The topological polar surface area (TPSA) is 89.9 Å². The van der Waals surface area contributed by atoms with Gasteiger partial charge in [-0.1, -0.05) is 0 Å². The van der Waals surface area contributed by atoms with Crippen molar-refractivity contribution in [2.75, 3.05) is 5.32 Å². The van der Waals surface area contributed by atoms with Crippen molar-refractivity contribution in [1.82, 2.24) is 4.90 Å². The molecule has 3 N–H and O–H groups in total. The van der Waals surface area contributed by atoms with E-state index in [2.05, 4.69) is 5.32 Å². The Kier molecular flexibility index (Phi) is 4.35. The largest absolute Gasteiger partial charge is 0.507 e. The fourth-order valence-electron chi connectivity index (χ4n) is 2.80. The normalized spacial score (nSPS) is 21.9. The van der Waals surface area contributed by atoms with Gasteiger partial charge in [0.1, 0.15) is 11.3 Å². The molecule has 2 unspecified atom stereocenters. The van der Waals surface area contributed by atoms with Crippen molar-refractivity contribution in [3.05, 3.63) is 23.8 Å². The number of phenols is 1. The van der Waals surface area contributed by atoms with Crippen LogP contribution in [0.3, 0.4) is 0 Å². The molecule has 0 bridgehead atoms. The number of benzene rings is 1. The highest BCUT2D eigenvalue weighted by Crippen LogP contribution is 2.25. The van der Waals surface area contributed by atoms with Gasteiger partial charge in [-0.15, -0.1) is 0 Å². The second-order valence-electron chi connectivity index (χ2n) is 5.50. The van der Waals surface area contributed by atoms with Crippen LogP contribution in [0.15, 0.2) is 18.2 Å². The number of carboxylic acid groups (broad SMARTS) is 1. The molecule has 1 aliphatic heterocycles. The molecule has 0 aliphatic carbocycles. The predicted molar refractivity (Wildman–Crippen MR) is 78.7 cm³/mol. The van der Waals surface area contributed by atoms with Gasteiger partial charge in [0.05, 0.1) is 0 Å². The van der Waals surface area contributed by atoms with Gasteiger partial charge in [-0.05, 0) is 45.2 Å². The fourth-order valence-corrected chi connectivity index (χ4v) is 2.80. The van der Waals surface area contributed by atoms with E-state index in [1.165, 1.54) is 18.2 Å². The number of hydrogen-bond acceptors (Lipinski definition) is 3. The zero-order valence-electron chi connectivity index (χ0n) is 12.2. The number of nitrogens with one attached hydrogen (secondary N) is 1. The van der Waals surface area contributed by atoms with Gasteiger partial charge in [-0.2, -0.15) is 0 Å². The monoisotopic (exact) mass is 292 g/mol. The quantitative estimate of drug-likeness (QED) is 0.781. The second kappa shape index (κ2) is 6.03. The number of aromatic hydroxyl groups is 1. The zero-order chi connectivity index (χ0) is 15.6. The summed E-state index contributed by atoms with van der Waals surface area (Å²) in [6, 6.07) is 4.11. The van der Waals surface area contributed by atoms with Crippen LogP contribution in [0.4, 0.5) is 10.5 Å².